The van der Waals surface area contributed by atoms with Crippen molar-refractivity contribution in [1.82, 2.24) is 0 Å². The Morgan fingerprint density at radius 1 is 0.958 bits per heavy atom. The molecule has 0 aromatic carbocycles. The molecule has 0 bridgehead atoms. The van der Waals surface area contributed by atoms with Gasteiger partial charge in [0, 0.05) is 18.3 Å². The van der Waals surface area contributed by atoms with E-state index in [-0.39, 0.29) is 16.6 Å². The summed E-state index contributed by atoms with van der Waals surface area (Å²) in [6, 6.07) is 0. The Bertz CT molecular complexity index is 602. The molecule has 1 saturated heterocycles. The van der Waals surface area contributed by atoms with E-state index in [4.69, 9.17) is 9.47 Å². The van der Waals surface area contributed by atoms with Crippen molar-refractivity contribution in [2.45, 2.75) is 71.0 Å². The van der Waals surface area contributed by atoms with Crippen LogP contribution >= 0.6 is 0 Å². The Hall–Kier alpha value is -0.670. The summed E-state index contributed by atoms with van der Waals surface area (Å²) in [5.41, 5.74) is 1.92. The summed E-state index contributed by atoms with van der Waals surface area (Å²) in [6.45, 7) is 6.44. The minimum atomic E-state index is -0.289. The molecule has 4 fully saturated rings. The predicted octanol–water partition coefficient (Wildman–Crippen LogP) is 4.26. The molecule has 5 aliphatic rings. The minimum absolute atomic E-state index is 0.187. The summed E-state index contributed by atoms with van der Waals surface area (Å²) < 4.78 is 12.4. The Balaban J connectivity index is 1.49. The van der Waals surface area contributed by atoms with Gasteiger partial charge in [0.15, 0.2) is 11.6 Å². The zero-order chi connectivity index (χ0) is 16.6. The van der Waals surface area contributed by atoms with Gasteiger partial charge in [-0.15, -0.1) is 0 Å². The summed E-state index contributed by atoms with van der Waals surface area (Å²) >= 11 is 0. The molecule has 5 atom stereocenters. The summed E-state index contributed by atoms with van der Waals surface area (Å²) in [6.07, 6.45) is 11.0. The zero-order valence-electron chi connectivity index (χ0n) is 15.1. The van der Waals surface area contributed by atoms with E-state index in [1.807, 2.05) is 6.08 Å². The Kier molecular flexibility index (Phi) is 3.21. The average molecular weight is 330 g/mol. The van der Waals surface area contributed by atoms with E-state index in [1.165, 1.54) is 31.3 Å². The quantitative estimate of drug-likeness (QED) is 0.666. The van der Waals surface area contributed by atoms with Gasteiger partial charge in [-0.1, -0.05) is 19.4 Å². The molecule has 24 heavy (non-hydrogen) atoms. The standard InChI is InChI=1S/C21H30O3/c1-19-8-5-15(22)13-14(19)3-4-16-17(19)6-9-20(2)18(16)7-10-21(20)23-11-12-24-21/h13,16-18H,3-12H2,1-2H3/t16?,17?,18-,19?,20?/m0/s1. The van der Waals surface area contributed by atoms with Crippen LogP contribution in [-0.2, 0) is 14.3 Å². The number of allylic oxidation sites excluding steroid dienone is 1. The molecule has 1 aliphatic heterocycles. The molecule has 4 unspecified atom stereocenters. The van der Waals surface area contributed by atoms with Crippen LogP contribution in [0.1, 0.15) is 65.2 Å². The lowest BCUT2D eigenvalue weighted by Crippen LogP contribution is -2.55. The van der Waals surface area contributed by atoms with Gasteiger partial charge in [0.2, 0.25) is 0 Å². The number of ether oxygens (including phenoxy) is 2. The fourth-order valence-corrected chi connectivity index (χ4v) is 7.44. The first kappa shape index (κ1) is 15.6. The third-order valence-corrected chi connectivity index (χ3v) is 8.76. The molecular formula is C21H30O3. The average Bonchev–Trinajstić information content (AvgIpc) is 3.15. The van der Waals surface area contributed by atoms with Crippen LogP contribution in [-0.4, -0.2) is 24.8 Å². The zero-order valence-corrected chi connectivity index (χ0v) is 15.1. The van der Waals surface area contributed by atoms with Crippen molar-refractivity contribution in [3.63, 3.8) is 0 Å². The van der Waals surface area contributed by atoms with Crippen molar-refractivity contribution in [3.8, 4) is 0 Å². The third kappa shape index (κ3) is 1.78. The monoisotopic (exact) mass is 330 g/mol. The van der Waals surface area contributed by atoms with Crippen LogP contribution in [0.3, 0.4) is 0 Å². The number of carbonyl (C=O) groups excluding carboxylic acids is 1. The fraction of sp³-hybridized carbons (Fsp3) is 0.857. The van der Waals surface area contributed by atoms with Crippen LogP contribution in [0.4, 0.5) is 0 Å². The summed E-state index contributed by atoms with van der Waals surface area (Å²) in [5, 5.41) is 0. The topological polar surface area (TPSA) is 35.5 Å². The van der Waals surface area contributed by atoms with Gasteiger partial charge in [-0.2, -0.15) is 0 Å². The molecule has 5 rings (SSSR count). The van der Waals surface area contributed by atoms with Gasteiger partial charge in [0.1, 0.15) is 0 Å². The number of ketones is 1. The second-order valence-electron chi connectivity index (χ2n) is 9.41. The van der Waals surface area contributed by atoms with Crippen molar-refractivity contribution >= 4 is 5.78 Å². The van der Waals surface area contributed by atoms with Crippen molar-refractivity contribution in [2.75, 3.05) is 13.2 Å². The first-order chi connectivity index (χ1) is 11.5. The SMILES string of the molecule is CC12CCC(=O)C=C1CCC1C2CCC2(C)[C@H]1CCC21OCCO1. The normalized spacial score (nSPS) is 49.5. The molecule has 0 radical (unpaired) electrons. The highest BCUT2D eigenvalue weighted by Gasteiger charge is 2.66. The highest BCUT2D eigenvalue weighted by Crippen LogP contribution is 2.68. The van der Waals surface area contributed by atoms with Crippen LogP contribution in [0.15, 0.2) is 11.6 Å². The lowest BCUT2D eigenvalue weighted by Gasteiger charge is -2.58. The van der Waals surface area contributed by atoms with E-state index in [1.54, 1.807) is 0 Å². The number of fused-ring (bicyclic) bond motifs is 6. The van der Waals surface area contributed by atoms with E-state index < -0.39 is 0 Å². The number of rotatable bonds is 0. The minimum Gasteiger partial charge on any atom is -0.347 e. The van der Waals surface area contributed by atoms with Gasteiger partial charge in [-0.25, -0.2) is 0 Å². The van der Waals surface area contributed by atoms with Crippen LogP contribution in [0.5, 0.6) is 0 Å². The Labute approximate surface area is 145 Å². The summed E-state index contributed by atoms with van der Waals surface area (Å²) in [5.74, 6) is 2.33. The maximum atomic E-state index is 11.9. The maximum absolute atomic E-state index is 11.9. The first-order valence-electron chi connectivity index (χ1n) is 10.0. The molecule has 0 N–H and O–H groups in total. The highest BCUT2D eigenvalue weighted by atomic mass is 16.7. The Morgan fingerprint density at radius 3 is 2.50 bits per heavy atom. The maximum Gasteiger partial charge on any atom is 0.174 e. The number of hydrogen-bond donors (Lipinski definition) is 0. The lowest BCUT2D eigenvalue weighted by molar-refractivity contribution is -0.242. The second-order valence-corrected chi connectivity index (χ2v) is 9.41. The molecule has 3 heteroatoms. The molecule has 0 aromatic heterocycles. The molecule has 0 aromatic rings. The van der Waals surface area contributed by atoms with Gasteiger partial charge >= 0.3 is 0 Å². The molecule has 1 spiro atoms. The lowest BCUT2D eigenvalue weighted by atomic mass is 9.47. The van der Waals surface area contributed by atoms with Crippen molar-refractivity contribution < 1.29 is 14.3 Å². The van der Waals surface area contributed by atoms with E-state index in [2.05, 4.69) is 13.8 Å². The number of carbonyl (C=O) groups is 1. The van der Waals surface area contributed by atoms with Crippen LogP contribution in [0.2, 0.25) is 0 Å². The van der Waals surface area contributed by atoms with Crippen LogP contribution in [0, 0.1) is 28.6 Å². The first-order valence-corrected chi connectivity index (χ1v) is 10.0. The molecule has 132 valence electrons. The van der Waals surface area contributed by atoms with Gasteiger partial charge in [-0.3, -0.25) is 4.79 Å². The molecular weight excluding hydrogens is 300 g/mol. The predicted molar refractivity (Wildman–Crippen MR) is 91.3 cm³/mol. The van der Waals surface area contributed by atoms with Crippen molar-refractivity contribution in [2.24, 2.45) is 28.6 Å². The van der Waals surface area contributed by atoms with Gasteiger partial charge in [-0.05, 0) is 67.8 Å². The summed E-state index contributed by atoms with van der Waals surface area (Å²) in [7, 11) is 0. The second kappa shape index (κ2) is 4.94. The third-order valence-electron chi connectivity index (χ3n) is 8.76. The largest absolute Gasteiger partial charge is 0.347 e. The summed E-state index contributed by atoms with van der Waals surface area (Å²) in [4.78, 5) is 11.9. The van der Waals surface area contributed by atoms with E-state index in [9.17, 15) is 4.79 Å². The van der Waals surface area contributed by atoms with Gasteiger partial charge in [0.25, 0.3) is 0 Å². The van der Waals surface area contributed by atoms with E-state index in [0.29, 0.717) is 5.78 Å². The van der Waals surface area contributed by atoms with E-state index >= 15 is 0 Å². The fourth-order valence-electron chi connectivity index (χ4n) is 7.44. The van der Waals surface area contributed by atoms with Gasteiger partial charge in [0.05, 0.1) is 13.2 Å². The molecule has 0 amide bonds. The Morgan fingerprint density at radius 2 is 1.71 bits per heavy atom. The van der Waals surface area contributed by atoms with E-state index in [0.717, 1.165) is 56.7 Å². The van der Waals surface area contributed by atoms with Crippen LogP contribution in [0.25, 0.3) is 0 Å². The molecule has 3 saturated carbocycles. The molecule has 3 nitrogen and oxygen atoms in total. The number of hydrogen-bond acceptors (Lipinski definition) is 3. The van der Waals surface area contributed by atoms with Crippen molar-refractivity contribution in [3.05, 3.63) is 11.6 Å². The van der Waals surface area contributed by atoms with Gasteiger partial charge < -0.3 is 9.47 Å². The smallest absolute Gasteiger partial charge is 0.174 e. The highest BCUT2D eigenvalue weighted by molar-refractivity contribution is 5.91. The molecule has 4 aliphatic carbocycles. The molecule has 1 heterocycles. The van der Waals surface area contributed by atoms with Crippen LogP contribution < -0.4 is 0 Å². The van der Waals surface area contributed by atoms with Crippen molar-refractivity contribution in [1.29, 1.82) is 0 Å².